The monoisotopic (exact) mass is 241 g/mol. The smallest absolute Gasteiger partial charge is 0.261 e. The first-order chi connectivity index (χ1) is 8.66. The maximum atomic E-state index is 12.3. The average Bonchev–Trinajstić information content (AvgIpc) is 2.73. The van der Waals surface area contributed by atoms with Gasteiger partial charge in [0.25, 0.3) is 5.56 Å². The summed E-state index contributed by atoms with van der Waals surface area (Å²) in [5, 5.41) is 0.701. The van der Waals surface area contributed by atoms with Crippen LogP contribution in [0.15, 0.2) is 35.3 Å². The lowest BCUT2D eigenvalue weighted by atomic mass is 10.2. The molecule has 0 atom stereocenters. The quantitative estimate of drug-likeness (QED) is 0.762. The predicted molar refractivity (Wildman–Crippen MR) is 72.3 cm³/mol. The molecular formula is C14H15N3O. The Balaban J connectivity index is 2.30. The van der Waals surface area contributed by atoms with E-state index in [0.29, 0.717) is 5.39 Å². The lowest BCUT2D eigenvalue weighted by Crippen LogP contribution is -2.20. The summed E-state index contributed by atoms with van der Waals surface area (Å²) in [7, 11) is 3.96. The van der Waals surface area contributed by atoms with E-state index >= 15 is 0 Å². The second kappa shape index (κ2) is 3.98. The van der Waals surface area contributed by atoms with Crippen molar-refractivity contribution in [1.29, 1.82) is 0 Å². The highest BCUT2D eigenvalue weighted by Gasteiger charge is 2.20. The van der Waals surface area contributed by atoms with Crippen molar-refractivity contribution in [3.63, 3.8) is 0 Å². The van der Waals surface area contributed by atoms with Gasteiger partial charge < -0.3 is 4.90 Å². The Morgan fingerprint density at radius 2 is 2.11 bits per heavy atom. The lowest BCUT2D eigenvalue weighted by molar-refractivity contribution is 0.564. The standard InChI is InChI=1S/C14H15N3O/c1-16(2)9-10-7-8-17-13(10)15-12-6-4-3-5-11(12)14(17)18/h3-6,9H,7-8H2,1-2H3/b10-9+. The molecule has 0 unspecified atom stereocenters. The first-order valence-electron chi connectivity index (χ1n) is 6.04. The summed E-state index contributed by atoms with van der Waals surface area (Å²) in [6, 6.07) is 7.52. The van der Waals surface area contributed by atoms with Gasteiger partial charge in [0.1, 0.15) is 5.82 Å². The van der Waals surface area contributed by atoms with Crippen LogP contribution in [-0.2, 0) is 6.54 Å². The number of hydrogen-bond acceptors (Lipinski definition) is 3. The highest BCUT2D eigenvalue weighted by Crippen LogP contribution is 2.25. The third-order valence-corrected chi connectivity index (χ3v) is 3.17. The van der Waals surface area contributed by atoms with Gasteiger partial charge in [-0.25, -0.2) is 4.98 Å². The third kappa shape index (κ3) is 1.61. The Labute approximate surface area is 105 Å². The lowest BCUT2D eigenvalue weighted by Gasteiger charge is -2.08. The molecule has 1 aliphatic heterocycles. The fourth-order valence-corrected chi connectivity index (χ4v) is 2.40. The van der Waals surface area contributed by atoms with E-state index in [1.54, 1.807) is 4.57 Å². The van der Waals surface area contributed by atoms with E-state index in [-0.39, 0.29) is 5.56 Å². The number of para-hydroxylation sites is 1. The second-order valence-electron chi connectivity index (χ2n) is 4.78. The van der Waals surface area contributed by atoms with Crippen LogP contribution in [0.3, 0.4) is 0 Å². The van der Waals surface area contributed by atoms with E-state index in [2.05, 4.69) is 4.98 Å². The molecule has 0 aliphatic carbocycles. The maximum absolute atomic E-state index is 12.3. The zero-order valence-electron chi connectivity index (χ0n) is 10.6. The van der Waals surface area contributed by atoms with Crippen molar-refractivity contribution in [2.75, 3.05) is 14.1 Å². The van der Waals surface area contributed by atoms with Gasteiger partial charge in [-0.3, -0.25) is 9.36 Å². The number of fused-ring (bicyclic) bond motifs is 2. The minimum Gasteiger partial charge on any atom is -0.383 e. The van der Waals surface area contributed by atoms with Gasteiger partial charge in [0.2, 0.25) is 0 Å². The molecule has 0 amide bonds. The number of allylic oxidation sites excluding steroid dienone is 1. The number of rotatable bonds is 1. The van der Waals surface area contributed by atoms with Crippen LogP contribution in [-0.4, -0.2) is 28.5 Å². The van der Waals surface area contributed by atoms with Gasteiger partial charge in [-0.15, -0.1) is 0 Å². The van der Waals surface area contributed by atoms with Gasteiger partial charge in [0, 0.05) is 32.4 Å². The minimum absolute atomic E-state index is 0.0674. The van der Waals surface area contributed by atoms with Crippen LogP contribution in [0.4, 0.5) is 0 Å². The SMILES string of the molecule is CN(C)/C=C1\CCn2c1nc1ccccc1c2=O. The van der Waals surface area contributed by atoms with Crippen LogP contribution in [0.1, 0.15) is 12.2 Å². The van der Waals surface area contributed by atoms with Gasteiger partial charge in [0.05, 0.1) is 10.9 Å². The Hall–Kier alpha value is -2.10. The van der Waals surface area contributed by atoms with E-state index < -0.39 is 0 Å². The topological polar surface area (TPSA) is 38.1 Å². The highest BCUT2D eigenvalue weighted by molar-refractivity contribution is 5.79. The molecule has 2 heterocycles. The summed E-state index contributed by atoms with van der Waals surface area (Å²) in [5.74, 6) is 0.812. The largest absolute Gasteiger partial charge is 0.383 e. The zero-order valence-corrected chi connectivity index (χ0v) is 10.6. The molecule has 1 aromatic heterocycles. The number of aromatic nitrogens is 2. The van der Waals surface area contributed by atoms with Crippen LogP contribution in [0.25, 0.3) is 16.5 Å². The van der Waals surface area contributed by atoms with E-state index in [4.69, 9.17) is 0 Å². The van der Waals surface area contributed by atoms with Crippen molar-refractivity contribution in [3.8, 4) is 0 Å². The van der Waals surface area contributed by atoms with E-state index in [0.717, 1.165) is 29.9 Å². The summed E-state index contributed by atoms with van der Waals surface area (Å²) in [4.78, 5) is 18.9. The van der Waals surface area contributed by atoms with Crippen molar-refractivity contribution in [2.24, 2.45) is 0 Å². The van der Waals surface area contributed by atoms with Gasteiger partial charge in [-0.05, 0) is 18.6 Å². The van der Waals surface area contributed by atoms with Gasteiger partial charge >= 0.3 is 0 Å². The van der Waals surface area contributed by atoms with Crippen molar-refractivity contribution in [3.05, 3.63) is 46.6 Å². The Morgan fingerprint density at radius 1 is 1.33 bits per heavy atom. The Morgan fingerprint density at radius 3 is 2.89 bits per heavy atom. The molecule has 18 heavy (non-hydrogen) atoms. The summed E-state index contributed by atoms with van der Waals surface area (Å²) in [6.07, 6.45) is 2.91. The fourth-order valence-electron chi connectivity index (χ4n) is 2.40. The predicted octanol–water partition coefficient (Wildman–Crippen LogP) is 1.70. The van der Waals surface area contributed by atoms with Crippen molar-refractivity contribution >= 4 is 16.5 Å². The number of benzene rings is 1. The molecule has 4 nitrogen and oxygen atoms in total. The maximum Gasteiger partial charge on any atom is 0.261 e. The zero-order chi connectivity index (χ0) is 12.7. The van der Waals surface area contributed by atoms with Gasteiger partial charge in [-0.2, -0.15) is 0 Å². The molecule has 92 valence electrons. The summed E-state index contributed by atoms with van der Waals surface area (Å²) in [5.41, 5.74) is 1.97. The van der Waals surface area contributed by atoms with Crippen molar-refractivity contribution in [1.82, 2.24) is 14.5 Å². The van der Waals surface area contributed by atoms with Crippen molar-refractivity contribution in [2.45, 2.75) is 13.0 Å². The van der Waals surface area contributed by atoms with Crippen LogP contribution >= 0.6 is 0 Å². The first kappa shape index (κ1) is 11.0. The number of hydrogen-bond donors (Lipinski definition) is 0. The summed E-state index contributed by atoms with van der Waals surface area (Å²) < 4.78 is 1.78. The Bertz CT molecular complexity index is 698. The van der Waals surface area contributed by atoms with Gasteiger partial charge in [-0.1, -0.05) is 12.1 Å². The van der Waals surface area contributed by atoms with Gasteiger partial charge in [0.15, 0.2) is 0 Å². The molecule has 2 aromatic rings. The highest BCUT2D eigenvalue weighted by atomic mass is 16.1. The second-order valence-corrected chi connectivity index (χ2v) is 4.78. The molecule has 3 rings (SSSR count). The van der Waals surface area contributed by atoms with E-state index in [9.17, 15) is 4.79 Å². The molecule has 0 spiro atoms. The van der Waals surface area contributed by atoms with Crippen molar-refractivity contribution < 1.29 is 0 Å². The van der Waals surface area contributed by atoms with E-state index in [1.807, 2.05) is 49.5 Å². The average molecular weight is 241 g/mol. The summed E-state index contributed by atoms with van der Waals surface area (Å²) >= 11 is 0. The van der Waals surface area contributed by atoms with Crippen LogP contribution < -0.4 is 5.56 Å². The first-order valence-corrected chi connectivity index (χ1v) is 6.04. The molecular weight excluding hydrogens is 226 g/mol. The van der Waals surface area contributed by atoms with Crippen LogP contribution in [0.2, 0.25) is 0 Å². The third-order valence-electron chi connectivity index (χ3n) is 3.17. The van der Waals surface area contributed by atoms with Crippen LogP contribution in [0, 0.1) is 0 Å². The normalized spacial score (nSPS) is 16.2. The molecule has 0 fully saturated rings. The molecule has 0 saturated carbocycles. The molecule has 0 N–H and O–H groups in total. The summed E-state index contributed by atoms with van der Waals surface area (Å²) in [6.45, 7) is 0.728. The molecule has 4 heteroatoms. The molecule has 1 aliphatic rings. The van der Waals surface area contributed by atoms with E-state index in [1.165, 1.54) is 0 Å². The Kier molecular flexibility index (Phi) is 2.44. The van der Waals surface area contributed by atoms with Crippen LogP contribution in [0.5, 0.6) is 0 Å². The number of nitrogens with zero attached hydrogens (tertiary/aromatic N) is 3. The fraction of sp³-hybridized carbons (Fsp3) is 0.286. The molecule has 1 aromatic carbocycles. The molecule has 0 bridgehead atoms. The molecule has 0 saturated heterocycles. The minimum atomic E-state index is 0.0674. The molecule has 0 radical (unpaired) electrons.